The molecule has 1 aliphatic heterocycles. The Labute approximate surface area is 135 Å². The molecule has 0 aromatic heterocycles. The van der Waals surface area contributed by atoms with Gasteiger partial charge in [0.1, 0.15) is 0 Å². The number of hydrogen-bond donors (Lipinski definition) is 1. The lowest BCUT2D eigenvalue weighted by molar-refractivity contribution is -0.386. The van der Waals surface area contributed by atoms with Crippen molar-refractivity contribution < 1.29 is 18.1 Å². The molecule has 1 atom stereocenters. The average molecular weight is 352 g/mol. The maximum atomic E-state index is 12.5. The number of rotatable bonds is 4. The summed E-state index contributed by atoms with van der Waals surface area (Å²) < 4.78 is 31.3. The van der Waals surface area contributed by atoms with Crippen molar-refractivity contribution in [1.29, 1.82) is 0 Å². The summed E-state index contributed by atoms with van der Waals surface area (Å²) in [5, 5.41) is 14.1. The lowest BCUT2D eigenvalue weighted by Crippen LogP contribution is -2.51. The number of halogens is 1. The lowest BCUT2D eigenvalue weighted by Gasteiger charge is -2.30. The molecule has 1 saturated heterocycles. The molecule has 10 heteroatoms. The minimum atomic E-state index is -3.74. The van der Waals surface area contributed by atoms with Gasteiger partial charge in [-0.05, 0) is 19.1 Å². The summed E-state index contributed by atoms with van der Waals surface area (Å²) in [6.45, 7) is 3.12. The van der Waals surface area contributed by atoms with Crippen molar-refractivity contribution in [3.05, 3.63) is 28.3 Å². The van der Waals surface area contributed by atoms with E-state index in [2.05, 4.69) is 5.32 Å². The fourth-order valence-electron chi connectivity index (χ4n) is 2.24. The van der Waals surface area contributed by atoms with Crippen LogP contribution in [0.25, 0.3) is 0 Å². The molecular formula is C12H18ClN3O5S. The standard InChI is InChI=1S/C12H17N3O5S.ClH/c1-9-8-14(6-5-13-9)21(18,19)10-3-4-12(20-2)11(7-10)15(16)17;/h3-4,7,9,13H,5-6,8H2,1-2H3;1H/t9-;/m0./s1. The Bertz CT molecular complexity index is 652. The van der Waals surface area contributed by atoms with Crippen LogP contribution in [0.5, 0.6) is 5.75 Å². The Morgan fingerprint density at radius 2 is 2.14 bits per heavy atom. The van der Waals surface area contributed by atoms with Crippen molar-refractivity contribution >= 4 is 28.1 Å². The van der Waals surface area contributed by atoms with Crippen LogP contribution in [0.4, 0.5) is 5.69 Å². The lowest BCUT2D eigenvalue weighted by atomic mass is 10.3. The summed E-state index contributed by atoms with van der Waals surface area (Å²) in [5.41, 5.74) is -0.359. The zero-order valence-corrected chi connectivity index (χ0v) is 13.8. The minimum Gasteiger partial charge on any atom is -0.490 e. The molecule has 0 spiro atoms. The van der Waals surface area contributed by atoms with Crippen LogP contribution in [-0.2, 0) is 10.0 Å². The number of ether oxygens (including phenoxy) is 1. The minimum absolute atomic E-state index is 0. The van der Waals surface area contributed by atoms with Crippen LogP contribution < -0.4 is 10.1 Å². The molecule has 0 unspecified atom stereocenters. The summed E-state index contributed by atoms with van der Waals surface area (Å²) >= 11 is 0. The largest absolute Gasteiger partial charge is 0.490 e. The zero-order chi connectivity index (χ0) is 15.6. The predicted molar refractivity (Wildman–Crippen MR) is 83.1 cm³/mol. The molecule has 1 aliphatic rings. The molecule has 1 aromatic rings. The van der Waals surface area contributed by atoms with E-state index in [-0.39, 0.29) is 34.8 Å². The van der Waals surface area contributed by atoms with E-state index in [0.717, 1.165) is 6.07 Å². The number of nitro groups is 1. The monoisotopic (exact) mass is 351 g/mol. The van der Waals surface area contributed by atoms with Crippen molar-refractivity contribution in [3.63, 3.8) is 0 Å². The van der Waals surface area contributed by atoms with Crippen molar-refractivity contribution in [1.82, 2.24) is 9.62 Å². The summed E-state index contributed by atoms with van der Waals surface area (Å²) in [6.07, 6.45) is 0. The van der Waals surface area contributed by atoms with Crippen LogP contribution in [-0.4, -0.2) is 50.4 Å². The highest BCUT2D eigenvalue weighted by molar-refractivity contribution is 7.89. The number of sulfonamides is 1. The van der Waals surface area contributed by atoms with Crippen LogP contribution in [0, 0.1) is 10.1 Å². The van der Waals surface area contributed by atoms with E-state index in [1.807, 2.05) is 6.92 Å². The molecule has 1 aromatic carbocycles. The van der Waals surface area contributed by atoms with Crippen LogP contribution in [0.1, 0.15) is 6.92 Å². The maximum Gasteiger partial charge on any atom is 0.312 e. The second kappa shape index (κ2) is 7.23. The van der Waals surface area contributed by atoms with Gasteiger partial charge in [-0.25, -0.2) is 8.42 Å². The number of piperazine rings is 1. The molecule has 22 heavy (non-hydrogen) atoms. The van der Waals surface area contributed by atoms with Gasteiger partial charge in [0.05, 0.1) is 16.9 Å². The maximum absolute atomic E-state index is 12.5. The Hall–Kier alpha value is -1.42. The van der Waals surface area contributed by atoms with E-state index in [0.29, 0.717) is 19.6 Å². The van der Waals surface area contributed by atoms with Gasteiger partial charge >= 0.3 is 5.69 Å². The number of benzene rings is 1. The molecule has 0 aliphatic carbocycles. The summed E-state index contributed by atoms with van der Waals surface area (Å²) in [7, 11) is -2.44. The van der Waals surface area contributed by atoms with E-state index < -0.39 is 14.9 Å². The molecule has 0 bridgehead atoms. The fourth-order valence-corrected chi connectivity index (χ4v) is 3.79. The molecule has 0 radical (unpaired) electrons. The normalized spacial score (nSPS) is 19.3. The predicted octanol–water partition coefficient (Wildman–Crippen LogP) is 1.01. The highest BCUT2D eigenvalue weighted by Crippen LogP contribution is 2.30. The SMILES string of the molecule is COc1ccc(S(=O)(=O)N2CCN[C@@H](C)C2)cc1[N+](=O)[O-].Cl. The van der Waals surface area contributed by atoms with Crippen LogP contribution in [0.3, 0.4) is 0 Å². The first-order chi connectivity index (χ1) is 9.86. The summed E-state index contributed by atoms with van der Waals surface area (Å²) in [6, 6.07) is 3.72. The zero-order valence-electron chi connectivity index (χ0n) is 12.2. The molecular weight excluding hydrogens is 334 g/mol. The van der Waals surface area contributed by atoms with E-state index in [9.17, 15) is 18.5 Å². The number of nitrogens with zero attached hydrogens (tertiary/aromatic N) is 2. The smallest absolute Gasteiger partial charge is 0.312 e. The molecule has 8 nitrogen and oxygen atoms in total. The number of hydrogen-bond acceptors (Lipinski definition) is 6. The number of nitro benzene ring substituents is 1. The van der Waals surface area contributed by atoms with E-state index in [1.165, 1.54) is 23.5 Å². The molecule has 1 N–H and O–H groups in total. The Balaban J connectivity index is 0.00000242. The van der Waals surface area contributed by atoms with Gasteiger partial charge in [0.25, 0.3) is 0 Å². The summed E-state index contributed by atoms with van der Waals surface area (Å²) in [5.74, 6) is 0.0348. The third-order valence-corrected chi connectivity index (χ3v) is 5.18. The topological polar surface area (TPSA) is 102 Å². The van der Waals surface area contributed by atoms with Gasteiger partial charge < -0.3 is 10.1 Å². The van der Waals surface area contributed by atoms with Crippen molar-refractivity contribution in [2.45, 2.75) is 17.9 Å². The van der Waals surface area contributed by atoms with Crippen LogP contribution >= 0.6 is 12.4 Å². The molecule has 1 fully saturated rings. The van der Waals surface area contributed by atoms with E-state index in [4.69, 9.17) is 4.74 Å². The van der Waals surface area contributed by atoms with Crippen molar-refractivity contribution in [3.8, 4) is 5.75 Å². The average Bonchev–Trinajstić information content (AvgIpc) is 2.46. The van der Waals surface area contributed by atoms with Gasteiger partial charge in [0.2, 0.25) is 10.0 Å². The third kappa shape index (κ3) is 3.67. The highest BCUT2D eigenvalue weighted by Gasteiger charge is 2.30. The van der Waals surface area contributed by atoms with Gasteiger partial charge in [-0.1, -0.05) is 0 Å². The van der Waals surface area contributed by atoms with E-state index in [1.54, 1.807) is 0 Å². The van der Waals surface area contributed by atoms with E-state index >= 15 is 0 Å². The Kier molecular flexibility index (Phi) is 6.12. The van der Waals surface area contributed by atoms with Gasteiger partial charge in [-0.2, -0.15) is 4.31 Å². The quantitative estimate of drug-likeness (QED) is 0.641. The van der Waals surface area contributed by atoms with Gasteiger partial charge in [0, 0.05) is 31.7 Å². The third-order valence-electron chi connectivity index (χ3n) is 3.32. The molecule has 1 heterocycles. The first-order valence-corrected chi connectivity index (χ1v) is 7.86. The molecule has 2 rings (SSSR count). The van der Waals surface area contributed by atoms with Crippen LogP contribution in [0.15, 0.2) is 23.1 Å². The van der Waals surface area contributed by atoms with Crippen molar-refractivity contribution in [2.24, 2.45) is 0 Å². The molecule has 0 amide bonds. The fraction of sp³-hybridized carbons (Fsp3) is 0.500. The Morgan fingerprint density at radius 1 is 1.45 bits per heavy atom. The molecule has 124 valence electrons. The first kappa shape index (κ1) is 18.6. The number of methoxy groups -OCH3 is 1. The van der Waals surface area contributed by atoms with Gasteiger partial charge in [-0.15, -0.1) is 12.4 Å². The Morgan fingerprint density at radius 3 is 2.68 bits per heavy atom. The van der Waals surface area contributed by atoms with Gasteiger partial charge in [0.15, 0.2) is 5.75 Å². The number of nitrogens with one attached hydrogen (secondary N) is 1. The second-order valence-corrected chi connectivity index (χ2v) is 6.75. The molecule has 0 saturated carbocycles. The van der Waals surface area contributed by atoms with Gasteiger partial charge in [-0.3, -0.25) is 10.1 Å². The summed E-state index contributed by atoms with van der Waals surface area (Å²) in [4.78, 5) is 10.2. The van der Waals surface area contributed by atoms with Crippen LogP contribution in [0.2, 0.25) is 0 Å². The second-order valence-electron chi connectivity index (χ2n) is 4.81. The van der Waals surface area contributed by atoms with Crippen molar-refractivity contribution in [2.75, 3.05) is 26.7 Å². The highest BCUT2D eigenvalue weighted by atomic mass is 35.5. The first-order valence-electron chi connectivity index (χ1n) is 6.42.